The van der Waals surface area contributed by atoms with Gasteiger partial charge in [0, 0.05) is 29.2 Å². The Kier molecular flexibility index (Phi) is 7.17. The molecule has 0 fully saturated rings. The average Bonchev–Trinajstić information content (AvgIpc) is 3.00. The molecule has 0 radical (unpaired) electrons. The van der Waals surface area contributed by atoms with Gasteiger partial charge in [0.05, 0.1) is 6.33 Å². The lowest BCUT2D eigenvalue weighted by Gasteiger charge is -2.17. The molecule has 2 nitrogen and oxygen atoms in total. The number of aromatic nitrogens is 2. The van der Waals surface area contributed by atoms with Gasteiger partial charge >= 0.3 is 0 Å². The van der Waals surface area contributed by atoms with Crippen molar-refractivity contribution in [3.8, 4) is 0 Å². The maximum Gasteiger partial charge on any atom is 0.0945 e. The highest BCUT2D eigenvalue weighted by Gasteiger charge is 2.11. The minimum Gasteiger partial charge on any atom is -0.337 e. The number of halogens is 1. The van der Waals surface area contributed by atoms with E-state index in [1.165, 1.54) is 37.0 Å². The zero-order valence-electron chi connectivity index (χ0n) is 12.5. The summed E-state index contributed by atoms with van der Waals surface area (Å²) in [7, 11) is 0. The van der Waals surface area contributed by atoms with E-state index in [1.54, 1.807) is 0 Å². The van der Waals surface area contributed by atoms with Gasteiger partial charge in [-0.3, -0.25) is 0 Å². The molecule has 0 saturated carbocycles. The van der Waals surface area contributed by atoms with Crippen molar-refractivity contribution in [2.24, 2.45) is 0 Å². The van der Waals surface area contributed by atoms with E-state index in [-0.39, 0.29) is 0 Å². The second-order valence-electron chi connectivity index (χ2n) is 5.21. The third-order valence-electron chi connectivity index (χ3n) is 3.50. The van der Waals surface area contributed by atoms with Gasteiger partial charge in [-0.15, -0.1) is 0 Å². The molecule has 4 heteroatoms. The molecule has 0 spiro atoms. The molecule has 0 bridgehead atoms. The van der Waals surface area contributed by atoms with Crippen molar-refractivity contribution in [3.05, 3.63) is 53.6 Å². The molecular formula is C17H23ClN2S. The molecule has 21 heavy (non-hydrogen) atoms. The van der Waals surface area contributed by atoms with E-state index in [0.29, 0.717) is 5.25 Å². The fourth-order valence-corrected chi connectivity index (χ4v) is 3.82. The Bertz CT molecular complexity index is 496. The Hall–Kier alpha value is -0.930. The minimum atomic E-state index is 0.567. The summed E-state index contributed by atoms with van der Waals surface area (Å²) in [5, 5.41) is 1.38. The zero-order valence-corrected chi connectivity index (χ0v) is 14.1. The van der Waals surface area contributed by atoms with Gasteiger partial charge in [-0.1, -0.05) is 37.1 Å². The lowest BCUT2D eigenvalue weighted by atomic mass is 10.1. The highest BCUT2D eigenvalue weighted by Crippen LogP contribution is 2.34. The normalized spacial score (nSPS) is 12.5. The lowest BCUT2D eigenvalue weighted by Crippen LogP contribution is -2.00. The monoisotopic (exact) mass is 322 g/mol. The third kappa shape index (κ3) is 5.76. The van der Waals surface area contributed by atoms with Crippen LogP contribution in [-0.4, -0.2) is 15.3 Å². The second kappa shape index (κ2) is 9.16. The first kappa shape index (κ1) is 16.4. The van der Waals surface area contributed by atoms with Gasteiger partial charge in [-0.25, -0.2) is 4.98 Å². The zero-order chi connectivity index (χ0) is 14.9. The number of nitrogens with zero attached hydrogens (tertiary/aromatic N) is 2. The number of rotatable bonds is 9. The molecule has 0 aliphatic rings. The Morgan fingerprint density at radius 1 is 1.24 bits per heavy atom. The van der Waals surface area contributed by atoms with Crippen LogP contribution in [0.1, 0.15) is 43.4 Å². The molecule has 0 saturated heterocycles. The van der Waals surface area contributed by atoms with Crippen LogP contribution in [0, 0.1) is 0 Å². The van der Waals surface area contributed by atoms with E-state index in [4.69, 9.17) is 11.6 Å². The molecule has 1 atom stereocenters. The van der Waals surface area contributed by atoms with Crippen molar-refractivity contribution in [2.75, 3.05) is 5.75 Å². The Labute approximate surface area is 136 Å². The fourth-order valence-electron chi connectivity index (χ4n) is 2.27. The molecule has 2 rings (SSSR count). The SMILES string of the molecule is CCCCSC(CCCn1ccnc1)c1ccc(Cl)cc1. The van der Waals surface area contributed by atoms with Gasteiger partial charge in [0.15, 0.2) is 0 Å². The van der Waals surface area contributed by atoms with Gasteiger partial charge < -0.3 is 4.57 Å². The van der Waals surface area contributed by atoms with Crippen LogP contribution in [0.4, 0.5) is 0 Å². The summed E-state index contributed by atoms with van der Waals surface area (Å²) in [6.07, 6.45) is 10.7. The van der Waals surface area contributed by atoms with Crippen LogP contribution in [0.15, 0.2) is 43.0 Å². The molecule has 1 aromatic carbocycles. The molecule has 114 valence electrons. The summed E-state index contributed by atoms with van der Waals surface area (Å²) in [5.41, 5.74) is 1.39. The van der Waals surface area contributed by atoms with Crippen molar-refractivity contribution in [2.45, 2.75) is 44.4 Å². The van der Waals surface area contributed by atoms with Crippen LogP contribution in [0.3, 0.4) is 0 Å². The highest BCUT2D eigenvalue weighted by molar-refractivity contribution is 7.99. The van der Waals surface area contributed by atoms with E-state index in [9.17, 15) is 0 Å². The average molecular weight is 323 g/mol. The Morgan fingerprint density at radius 3 is 2.71 bits per heavy atom. The molecule has 1 aromatic heterocycles. The van der Waals surface area contributed by atoms with Gasteiger partial charge in [0.2, 0.25) is 0 Å². The molecule has 0 aliphatic carbocycles. The van der Waals surface area contributed by atoms with Crippen LogP contribution in [-0.2, 0) is 6.54 Å². The first-order chi connectivity index (χ1) is 10.3. The highest BCUT2D eigenvalue weighted by atomic mass is 35.5. The molecule has 2 aromatic rings. The van der Waals surface area contributed by atoms with E-state index < -0.39 is 0 Å². The number of imidazole rings is 1. The van der Waals surface area contributed by atoms with Crippen molar-refractivity contribution >= 4 is 23.4 Å². The molecule has 0 amide bonds. The first-order valence-electron chi connectivity index (χ1n) is 7.62. The summed E-state index contributed by atoms with van der Waals surface area (Å²) in [5.74, 6) is 1.23. The summed E-state index contributed by atoms with van der Waals surface area (Å²) < 4.78 is 2.15. The molecule has 1 heterocycles. The smallest absolute Gasteiger partial charge is 0.0945 e. The molecular weight excluding hydrogens is 300 g/mol. The quantitative estimate of drug-likeness (QED) is 0.560. The predicted octanol–water partition coefficient (Wildman–Crippen LogP) is 5.59. The summed E-state index contributed by atoms with van der Waals surface area (Å²) in [6, 6.07) is 8.34. The number of benzene rings is 1. The van der Waals surface area contributed by atoms with Gasteiger partial charge in [-0.2, -0.15) is 11.8 Å². The van der Waals surface area contributed by atoms with E-state index in [2.05, 4.69) is 40.4 Å². The van der Waals surface area contributed by atoms with Gasteiger partial charge in [0.1, 0.15) is 0 Å². The Morgan fingerprint density at radius 2 is 2.05 bits per heavy atom. The van der Waals surface area contributed by atoms with Gasteiger partial charge in [-0.05, 0) is 42.7 Å². The third-order valence-corrected chi connectivity index (χ3v) is 5.19. The van der Waals surface area contributed by atoms with Crippen LogP contribution in [0.2, 0.25) is 5.02 Å². The summed E-state index contributed by atoms with van der Waals surface area (Å²) in [4.78, 5) is 4.09. The predicted molar refractivity (Wildman–Crippen MR) is 93.0 cm³/mol. The topological polar surface area (TPSA) is 17.8 Å². The van der Waals surface area contributed by atoms with Crippen LogP contribution in [0.25, 0.3) is 0 Å². The van der Waals surface area contributed by atoms with Crippen molar-refractivity contribution in [1.29, 1.82) is 0 Å². The number of unbranched alkanes of at least 4 members (excludes halogenated alkanes) is 1. The van der Waals surface area contributed by atoms with Crippen molar-refractivity contribution in [1.82, 2.24) is 9.55 Å². The number of thioether (sulfide) groups is 1. The van der Waals surface area contributed by atoms with E-state index >= 15 is 0 Å². The first-order valence-corrected chi connectivity index (χ1v) is 9.05. The molecule has 0 N–H and O–H groups in total. The maximum absolute atomic E-state index is 6.00. The molecule has 1 unspecified atom stereocenters. The van der Waals surface area contributed by atoms with Crippen LogP contribution < -0.4 is 0 Å². The van der Waals surface area contributed by atoms with Crippen molar-refractivity contribution in [3.63, 3.8) is 0 Å². The van der Waals surface area contributed by atoms with Gasteiger partial charge in [0.25, 0.3) is 0 Å². The Balaban J connectivity index is 1.89. The largest absolute Gasteiger partial charge is 0.337 e. The number of hydrogen-bond donors (Lipinski definition) is 0. The van der Waals surface area contributed by atoms with Crippen LogP contribution >= 0.6 is 23.4 Å². The van der Waals surface area contributed by atoms with Crippen molar-refractivity contribution < 1.29 is 0 Å². The van der Waals surface area contributed by atoms with Crippen LogP contribution in [0.5, 0.6) is 0 Å². The number of hydrogen-bond acceptors (Lipinski definition) is 2. The number of aryl methyl sites for hydroxylation is 1. The second-order valence-corrected chi connectivity index (χ2v) is 6.95. The lowest BCUT2D eigenvalue weighted by molar-refractivity contribution is 0.604. The van der Waals surface area contributed by atoms with E-state index in [1.807, 2.05) is 30.9 Å². The minimum absolute atomic E-state index is 0.567. The summed E-state index contributed by atoms with van der Waals surface area (Å²) >= 11 is 8.07. The standard InChI is InChI=1S/C17H23ClN2S/c1-2-3-13-21-17(15-6-8-16(18)9-7-15)5-4-11-20-12-10-19-14-20/h6-10,12,14,17H,2-5,11,13H2,1H3. The summed E-state index contributed by atoms with van der Waals surface area (Å²) in [6.45, 7) is 3.29. The fraction of sp³-hybridized carbons (Fsp3) is 0.471. The van der Waals surface area contributed by atoms with E-state index in [0.717, 1.165) is 11.6 Å². The maximum atomic E-state index is 6.00. The molecule has 0 aliphatic heterocycles.